The zero-order valence-corrected chi connectivity index (χ0v) is 15.8. The van der Waals surface area contributed by atoms with E-state index in [-0.39, 0.29) is 17.9 Å². The third-order valence-electron chi connectivity index (χ3n) is 4.35. The highest BCUT2D eigenvalue weighted by atomic mass is 35.5. The van der Waals surface area contributed by atoms with E-state index >= 15 is 0 Å². The van der Waals surface area contributed by atoms with Crippen molar-refractivity contribution in [1.29, 1.82) is 0 Å². The molecule has 0 radical (unpaired) electrons. The molecule has 0 atom stereocenters. The Kier molecular flexibility index (Phi) is 5.61. The van der Waals surface area contributed by atoms with Gasteiger partial charge in [0, 0.05) is 24.2 Å². The Morgan fingerprint density at radius 3 is 2.73 bits per heavy atom. The molecule has 0 fully saturated rings. The van der Waals surface area contributed by atoms with Gasteiger partial charge in [0.15, 0.2) is 5.82 Å². The average molecular weight is 375 g/mol. The molecule has 7 heteroatoms. The molecule has 0 spiro atoms. The van der Waals surface area contributed by atoms with Gasteiger partial charge in [0.2, 0.25) is 0 Å². The minimum absolute atomic E-state index is 0.0107. The number of benzene rings is 1. The highest BCUT2D eigenvalue weighted by molar-refractivity contribution is 6.31. The molecule has 2 aromatic rings. The van der Waals surface area contributed by atoms with Gasteiger partial charge < -0.3 is 15.2 Å². The number of halogens is 1. The maximum atomic E-state index is 12.7. The summed E-state index contributed by atoms with van der Waals surface area (Å²) in [5.74, 6) is -0.205. The smallest absolute Gasteiger partial charge is 0.287 e. The van der Waals surface area contributed by atoms with Crippen LogP contribution in [0.2, 0.25) is 5.02 Å². The van der Waals surface area contributed by atoms with Crippen molar-refractivity contribution in [1.82, 2.24) is 20.2 Å². The van der Waals surface area contributed by atoms with E-state index in [0.29, 0.717) is 29.6 Å². The number of fused-ring (bicyclic) bond motifs is 1. The van der Waals surface area contributed by atoms with E-state index in [1.807, 2.05) is 36.6 Å². The summed E-state index contributed by atoms with van der Waals surface area (Å²) in [6, 6.07) is 7.39. The largest absolute Gasteiger partial charge is 0.347 e. The van der Waals surface area contributed by atoms with E-state index < -0.39 is 0 Å². The molecule has 0 unspecified atom stereocenters. The topological polar surface area (TPSA) is 76.0 Å². The first-order valence-corrected chi connectivity index (χ1v) is 9.27. The first-order chi connectivity index (χ1) is 12.5. The van der Waals surface area contributed by atoms with Gasteiger partial charge in [0.1, 0.15) is 5.69 Å². The van der Waals surface area contributed by atoms with Gasteiger partial charge >= 0.3 is 0 Å². The van der Waals surface area contributed by atoms with Crippen LogP contribution >= 0.6 is 11.6 Å². The van der Waals surface area contributed by atoms with Gasteiger partial charge in [0.25, 0.3) is 11.8 Å². The fraction of sp³-hybridized carbons (Fsp3) is 0.421. The lowest BCUT2D eigenvalue weighted by molar-refractivity contribution is 0.0927. The van der Waals surface area contributed by atoms with Gasteiger partial charge in [-0.2, -0.15) is 0 Å². The summed E-state index contributed by atoms with van der Waals surface area (Å²) in [6.45, 7) is 4.82. The van der Waals surface area contributed by atoms with Gasteiger partial charge in [-0.25, -0.2) is 4.98 Å². The number of amides is 2. The van der Waals surface area contributed by atoms with Crippen molar-refractivity contribution in [2.45, 2.75) is 52.2 Å². The van der Waals surface area contributed by atoms with Gasteiger partial charge in [-0.15, -0.1) is 0 Å². The molecule has 6 nitrogen and oxygen atoms in total. The Hall–Kier alpha value is -2.34. The zero-order chi connectivity index (χ0) is 18.7. The maximum absolute atomic E-state index is 12.7. The number of rotatable bonds is 5. The van der Waals surface area contributed by atoms with Crippen LogP contribution in [0.1, 0.15) is 59.1 Å². The minimum atomic E-state index is -0.279. The molecule has 0 saturated carbocycles. The van der Waals surface area contributed by atoms with E-state index in [9.17, 15) is 9.59 Å². The van der Waals surface area contributed by atoms with Crippen LogP contribution in [-0.2, 0) is 19.5 Å². The Bertz CT molecular complexity index is 829. The van der Waals surface area contributed by atoms with E-state index in [2.05, 4.69) is 15.6 Å². The molecule has 0 bridgehead atoms. The van der Waals surface area contributed by atoms with E-state index in [1.54, 1.807) is 6.07 Å². The van der Waals surface area contributed by atoms with Gasteiger partial charge in [-0.05, 0) is 44.7 Å². The maximum Gasteiger partial charge on any atom is 0.287 e. The van der Waals surface area contributed by atoms with Crippen molar-refractivity contribution in [3.63, 3.8) is 0 Å². The van der Waals surface area contributed by atoms with E-state index in [4.69, 9.17) is 11.6 Å². The summed E-state index contributed by atoms with van der Waals surface area (Å²) in [4.78, 5) is 29.5. The molecule has 0 aliphatic carbocycles. The number of nitrogens with one attached hydrogen (secondary N) is 2. The van der Waals surface area contributed by atoms with Crippen molar-refractivity contribution in [3.05, 3.63) is 52.1 Å². The predicted molar refractivity (Wildman–Crippen MR) is 100 cm³/mol. The molecule has 138 valence electrons. The second kappa shape index (κ2) is 7.91. The van der Waals surface area contributed by atoms with Crippen LogP contribution in [0.4, 0.5) is 0 Å². The Morgan fingerprint density at radius 1 is 1.23 bits per heavy atom. The van der Waals surface area contributed by atoms with Crippen LogP contribution in [0, 0.1) is 0 Å². The van der Waals surface area contributed by atoms with Crippen LogP contribution in [0.5, 0.6) is 0 Å². The second-order valence-corrected chi connectivity index (χ2v) is 7.15. The minimum Gasteiger partial charge on any atom is -0.347 e. The first-order valence-electron chi connectivity index (χ1n) is 8.89. The Morgan fingerprint density at radius 2 is 2.00 bits per heavy atom. The van der Waals surface area contributed by atoms with Crippen molar-refractivity contribution in [3.8, 4) is 0 Å². The SMILES string of the molecule is CC(C)NC(=O)c1nc(C(=O)NCc2ccccc2Cl)c2n1CCCC2. The van der Waals surface area contributed by atoms with Crippen molar-refractivity contribution in [2.24, 2.45) is 0 Å². The molecule has 0 saturated heterocycles. The predicted octanol–water partition coefficient (Wildman–Crippen LogP) is 2.94. The van der Waals surface area contributed by atoms with Crippen LogP contribution in [0.25, 0.3) is 0 Å². The molecular weight excluding hydrogens is 352 g/mol. The van der Waals surface area contributed by atoms with E-state index in [0.717, 1.165) is 30.5 Å². The fourth-order valence-electron chi connectivity index (χ4n) is 3.13. The third kappa shape index (κ3) is 3.90. The third-order valence-corrected chi connectivity index (χ3v) is 4.72. The lowest BCUT2D eigenvalue weighted by Gasteiger charge is -2.17. The van der Waals surface area contributed by atoms with Crippen molar-refractivity contribution >= 4 is 23.4 Å². The van der Waals surface area contributed by atoms with Crippen molar-refractivity contribution < 1.29 is 9.59 Å². The summed E-state index contributed by atoms with van der Waals surface area (Å²) in [5, 5.41) is 6.33. The lowest BCUT2D eigenvalue weighted by atomic mass is 10.1. The van der Waals surface area contributed by atoms with Gasteiger partial charge in [-0.3, -0.25) is 9.59 Å². The highest BCUT2D eigenvalue weighted by Crippen LogP contribution is 2.22. The summed E-state index contributed by atoms with van der Waals surface area (Å²) >= 11 is 6.14. The number of carbonyl (C=O) groups excluding carboxylic acids is 2. The fourth-order valence-corrected chi connectivity index (χ4v) is 3.33. The lowest BCUT2D eigenvalue weighted by Crippen LogP contribution is -2.33. The van der Waals surface area contributed by atoms with Gasteiger partial charge in [0.05, 0.1) is 5.69 Å². The van der Waals surface area contributed by atoms with Crippen LogP contribution in [0.15, 0.2) is 24.3 Å². The molecule has 3 rings (SSSR count). The normalized spacial score (nSPS) is 13.4. The van der Waals surface area contributed by atoms with Crippen molar-refractivity contribution in [2.75, 3.05) is 0 Å². The second-order valence-electron chi connectivity index (χ2n) is 6.74. The number of imidazole rings is 1. The van der Waals surface area contributed by atoms with Crippen LogP contribution in [0.3, 0.4) is 0 Å². The summed E-state index contributed by atoms with van der Waals surface area (Å²) in [5.41, 5.74) is 2.01. The monoisotopic (exact) mass is 374 g/mol. The number of carbonyl (C=O) groups is 2. The number of nitrogens with zero attached hydrogens (tertiary/aromatic N) is 2. The van der Waals surface area contributed by atoms with Crippen LogP contribution in [-0.4, -0.2) is 27.4 Å². The Labute approximate surface area is 157 Å². The highest BCUT2D eigenvalue weighted by Gasteiger charge is 2.27. The molecule has 2 N–H and O–H groups in total. The van der Waals surface area contributed by atoms with Crippen LogP contribution < -0.4 is 10.6 Å². The van der Waals surface area contributed by atoms with E-state index in [1.165, 1.54) is 0 Å². The number of hydrogen-bond acceptors (Lipinski definition) is 3. The number of aromatic nitrogens is 2. The zero-order valence-electron chi connectivity index (χ0n) is 15.0. The summed E-state index contributed by atoms with van der Waals surface area (Å²) in [6.07, 6.45) is 2.71. The molecule has 26 heavy (non-hydrogen) atoms. The molecule has 2 heterocycles. The molecular formula is C19H23ClN4O2. The Balaban J connectivity index is 1.82. The number of hydrogen-bond donors (Lipinski definition) is 2. The summed E-state index contributed by atoms with van der Waals surface area (Å²) in [7, 11) is 0. The molecule has 1 aromatic heterocycles. The van der Waals surface area contributed by atoms with Gasteiger partial charge in [-0.1, -0.05) is 29.8 Å². The first kappa shape index (κ1) is 18.5. The summed E-state index contributed by atoms with van der Waals surface area (Å²) < 4.78 is 1.88. The molecule has 1 aliphatic rings. The molecule has 1 aliphatic heterocycles. The molecule has 1 aromatic carbocycles. The molecule has 2 amide bonds. The quantitative estimate of drug-likeness (QED) is 0.844. The average Bonchev–Trinajstić information content (AvgIpc) is 3.00. The standard InChI is InChI=1S/C19H23ClN4O2/c1-12(2)22-19(26)17-23-16(15-9-5-6-10-24(15)17)18(25)21-11-13-7-3-4-8-14(13)20/h3-4,7-8,12H,5-6,9-11H2,1-2H3,(H,21,25)(H,22,26).